The largest absolute Gasteiger partial charge is 0.443 e. The second-order valence-electron chi connectivity index (χ2n) is 7.09. The molecule has 0 unspecified atom stereocenters. The van der Waals surface area contributed by atoms with Gasteiger partial charge in [-0.1, -0.05) is 24.3 Å². The number of ether oxygens (including phenoxy) is 1. The van der Waals surface area contributed by atoms with Crippen LogP contribution < -0.4 is 0 Å². The number of hydrogen-bond acceptors (Lipinski definition) is 3. The van der Waals surface area contributed by atoms with Gasteiger partial charge in [-0.2, -0.15) is 0 Å². The molecule has 0 radical (unpaired) electrons. The van der Waals surface area contributed by atoms with Gasteiger partial charge in [-0.05, 0) is 62.1 Å². The molecule has 25 heavy (non-hydrogen) atoms. The summed E-state index contributed by atoms with van der Waals surface area (Å²) in [6.07, 6.45) is 1.42. The monoisotopic (exact) mass is 349 g/mol. The summed E-state index contributed by atoms with van der Waals surface area (Å²) in [5.41, 5.74) is 1.51. The number of carbonyl (C=O) groups is 1. The third-order valence-corrected chi connectivity index (χ3v) is 5.16. The summed E-state index contributed by atoms with van der Waals surface area (Å²) in [5.74, 6) is 0. The van der Waals surface area contributed by atoms with Crippen molar-refractivity contribution in [1.82, 2.24) is 4.57 Å². The SMILES string of the molecule is CC(C)(C)OC(=O)n1ccc2cc(-c3cc4ccccc4s3)ccc21. The lowest BCUT2D eigenvalue weighted by molar-refractivity contribution is 0.0544. The maximum Gasteiger partial charge on any atom is 0.418 e. The van der Waals surface area contributed by atoms with E-state index in [0.29, 0.717) is 0 Å². The van der Waals surface area contributed by atoms with E-state index in [9.17, 15) is 4.79 Å². The van der Waals surface area contributed by atoms with E-state index in [4.69, 9.17) is 4.74 Å². The highest BCUT2D eigenvalue weighted by atomic mass is 32.1. The van der Waals surface area contributed by atoms with E-state index < -0.39 is 5.60 Å². The summed E-state index contributed by atoms with van der Waals surface area (Å²) in [6, 6.07) is 18.7. The zero-order chi connectivity index (χ0) is 17.6. The first-order chi connectivity index (χ1) is 11.9. The standard InChI is InChI=1S/C21H19NO2S/c1-21(2,3)24-20(23)22-11-10-14-12-16(8-9-17(14)22)19-13-15-6-4-5-7-18(15)25-19/h4-13H,1-3H3. The average Bonchev–Trinajstić information content (AvgIpc) is 3.16. The van der Waals surface area contributed by atoms with E-state index in [1.165, 1.54) is 15.0 Å². The number of aromatic nitrogens is 1. The summed E-state index contributed by atoms with van der Waals surface area (Å²) in [5, 5.41) is 2.29. The number of carbonyl (C=O) groups excluding carboxylic acids is 1. The van der Waals surface area contributed by atoms with Crippen LogP contribution in [0.3, 0.4) is 0 Å². The van der Waals surface area contributed by atoms with E-state index in [-0.39, 0.29) is 6.09 Å². The third-order valence-electron chi connectivity index (χ3n) is 3.99. The summed E-state index contributed by atoms with van der Waals surface area (Å²) >= 11 is 1.78. The molecule has 0 bridgehead atoms. The molecule has 0 atom stereocenters. The van der Waals surface area contributed by atoms with Crippen molar-refractivity contribution in [3.05, 3.63) is 60.8 Å². The maximum atomic E-state index is 12.4. The lowest BCUT2D eigenvalue weighted by Gasteiger charge is -2.19. The Kier molecular flexibility index (Phi) is 3.65. The Bertz CT molecular complexity index is 1050. The molecule has 0 saturated carbocycles. The number of benzene rings is 2. The highest BCUT2D eigenvalue weighted by molar-refractivity contribution is 7.22. The molecular weight excluding hydrogens is 330 g/mol. The van der Waals surface area contributed by atoms with Gasteiger partial charge in [0.2, 0.25) is 0 Å². The first-order valence-corrected chi connectivity index (χ1v) is 9.06. The highest BCUT2D eigenvalue weighted by Crippen LogP contribution is 2.35. The Morgan fingerprint density at radius 2 is 1.80 bits per heavy atom. The van der Waals surface area contributed by atoms with Crippen molar-refractivity contribution in [2.75, 3.05) is 0 Å². The minimum Gasteiger partial charge on any atom is -0.443 e. The van der Waals surface area contributed by atoms with Gasteiger partial charge in [0.25, 0.3) is 0 Å². The van der Waals surface area contributed by atoms with Crippen LogP contribution >= 0.6 is 11.3 Å². The molecule has 0 aliphatic heterocycles. The molecule has 4 heteroatoms. The molecule has 0 aliphatic rings. The van der Waals surface area contributed by atoms with Crippen LogP contribution in [0, 0.1) is 0 Å². The van der Waals surface area contributed by atoms with Crippen LogP contribution in [-0.2, 0) is 4.74 Å². The fraction of sp³-hybridized carbons (Fsp3) is 0.190. The molecule has 4 rings (SSSR count). The van der Waals surface area contributed by atoms with Crippen molar-refractivity contribution in [2.45, 2.75) is 26.4 Å². The van der Waals surface area contributed by atoms with E-state index in [2.05, 4.69) is 42.5 Å². The average molecular weight is 349 g/mol. The molecule has 3 nitrogen and oxygen atoms in total. The van der Waals surface area contributed by atoms with Crippen LogP contribution in [0.5, 0.6) is 0 Å². The quantitative estimate of drug-likeness (QED) is 0.403. The van der Waals surface area contributed by atoms with Gasteiger partial charge in [-0.15, -0.1) is 11.3 Å². The van der Waals surface area contributed by atoms with Crippen LogP contribution in [0.1, 0.15) is 20.8 Å². The van der Waals surface area contributed by atoms with Crippen molar-refractivity contribution >= 4 is 38.4 Å². The van der Waals surface area contributed by atoms with Gasteiger partial charge in [-0.25, -0.2) is 4.79 Å². The molecule has 2 aromatic heterocycles. The van der Waals surface area contributed by atoms with Crippen LogP contribution in [0.25, 0.3) is 31.4 Å². The van der Waals surface area contributed by atoms with Crippen LogP contribution in [0.4, 0.5) is 4.79 Å². The maximum absolute atomic E-state index is 12.4. The first kappa shape index (κ1) is 15.9. The van der Waals surface area contributed by atoms with Crippen LogP contribution in [0.2, 0.25) is 0 Å². The fourth-order valence-corrected chi connectivity index (χ4v) is 3.95. The Morgan fingerprint density at radius 3 is 2.56 bits per heavy atom. The Hall–Kier alpha value is -2.59. The number of rotatable bonds is 1. The number of nitrogens with zero attached hydrogens (tertiary/aromatic N) is 1. The predicted molar refractivity (Wildman–Crippen MR) is 104 cm³/mol. The molecular formula is C21H19NO2S. The molecule has 126 valence electrons. The molecule has 2 aromatic carbocycles. The summed E-state index contributed by atoms with van der Waals surface area (Å²) in [4.78, 5) is 13.6. The Balaban J connectivity index is 1.73. The molecule has 0 spiro atoms. The van der Waals surface area contributed by atoms with Crippen LogP contribution in [0.15, 0.2) is 60.8 Å². The van der Waals surface area contributed by atoms with Crippen molar-refractivity contribution < 1.29 is 9.53 Å². The number of fused-ring (bicyclic) bond motifs is 2. The lowest BCUT2D eigenvalue weighted by Crippen LogP contribution is -2.26. The molecule has 0 saturated heterocycles. The van der Waals surface area contributed by atoms with Gasteiger partial charge in [0.15, 0.2) is 0 Å². The predicted octanol–water partition coefficient (Wildman–Crippen LogP) is 6.31. The van der Waals surface area contributed by atoms with Gasteiger partial charge in [0.1, 0.15) is 5.60 Å². The summed E-state index contributed by atoms with van der Waals surface area (Å²) < 4.78 is 8.32. The van der Waals surface area contributed by atoms with Crippen LogP contribution in [-0.4, -0.2) is 16.3 Å². The number of hydrogen-bond donors (Lipinski definition) is 0. The topological polar surface area (TPSA) is 31.2 Å². The summed E-state index contributed by atoms with van der Waals surface area (Å²) in [7, 11) is 0. The van der Waals surface area contributed by atoms with E-state index in [1.807, 2.05) is 32.9 Å². The summed E-state index contributed by atoms with van der Waals surface area (Å²) in [6.45, 7) is 5.61. The van der Waals surface area contributed by atoms with Gasteiger partial charge in [0.05, 0.1) is 5.52 Å². The molecule has 2 heterocycles. The normalized spacial score (nSPS) is 12.0. The number of thiophene rings is 1. The van der Waals surface area contributed by atoms with E-state index in [0.717, 1.165) is 16.5 Å². The molecule has 0 N–H and O–H groups in total. The lowest BCUT2D eigenvalue weighted by atomic mass is 10.1. The second kappa shape index (κ2) is 5.74. The first-order valence-electron chi connectivity index (χ1n) is 8.24. The zero-order valence-corrected chi connectivity index (χ0v) is 15.3. The van der Waals surface area contributed by atoms with Crippen molar-refractivity contribution in [3.63, 3.8) is 0 Å². The van der Waals surface area contributed by atoms with Gasteiger partial charge < -0.3 is 4.74 Å². The Morgan fingerprint density at radius 1 is 1.00 bits per heavy atom. The third kappa shape index (κ3) is 3.05. The van der Waals surface area contributed by atoms with E-state index >= 15 is 0 Å². The van der Waals surface area contributed by atoms with E-state index in [1.54, 1.807) is 22.1 Å². The molecule has 4 aromatic rings. The van der Waals surface area contributed by atoms with Crippen molar-refractivity contribution in [2.24, 2.45) is 0 Å². The smallest absolute Gasteiger partial charge is 0.418 e. The molecule has 0 aliphatic carbocycles. The highest BCUT2D eigenvalue weighted by Gasteiger charge is 2.19. The van der Waals surface area contributed by atoms with Gasteiger partial charge in [-0.3, -0.25) is 4.57 Å². The molecule has 0 amide bonds. The Labute approximate surface area is 150 Å². The van der Waals surface area contributed by atoms with Crippen molar-refractivity contribution in [1.29, 1.82) is 0 Å². The van der Waals surface area contributed by atoms with Gasteiger partial charge in [0, 0.05) is 21.2 Å². The second-order valence-corrected chi connectivity index (χ2v) is 8.17. The van der Waals surface area contributed by atoms with Crippen molar-refractivity contribution in [3.8, 4) is 10.4 Å². The van der Waals surface area contributed by atoms with Gasteiger partial charge >= 0.3 is 6.09 Å². The molecule has 0 fully saturated rings. The minimum absolute atomic E-state index is 0.350. The minimum atomic E-state index is -0.509. The fourth-order valence-electron chi connectivity index (χ4n) is 2.89. The zero-order valence-electron chi connectivity index (χ0n) is 14.4.